The number of hydrogen-bond donors (Lipinski definition) is 2. The zero-order valence-electron chi connectivity index (χ0n) is 17.0. The van der Waals surface area contributed by atoms with Gasteiger partial charge in [-0.05, 0) is 38.2 Å². The van der Waals surface area contributed by atoms with Gasteiger partial charge in [0.1, 0.15) is 11.3 Å². The van der Waals surface area contributed by atoms with Crippen LogP contribution in [-0.4, -0.2) is 22.1 Å². The minimum Gasteiger partial charge on any atom is -0.361 e. The number of nitrogens with zero attached hydrogens (tertiary/aromatic N) is 2. The largest absolute Gasteiger partial charge is 0.361 e. The summed E-state index contributed by atoms with van der Waals surface area (Å²) < 4.78 is 10.3. The fourth-order valence-corrected chi connectivity index (χ4v) is 4.13. The number of hydrazine groups is 1. The maximum atomic E-state index is 13.1. The molecule has 1 aliphatic rings. The standard InChI is InChI=1S/C22H24N4O4/c1-13-12-17(26-29-13)20-18(14(2)25-30-20)21(27)23-24-22(28)19(16-10-6-7-11-16)15-8-4-3-5-9-15/h3-5,8-9,12,16,19H,6-7,10-11H2,1-2H3,(H,23,27)(H,24,28). The number of carbonyl (C=O) groups excluding carboxylic acids is 2. The zero-order chi connectivity index (χ0) is 21.1. The summed E-state index contributed by atoms with van der Waals surface area (Å²) in [5.74, 6) is -0.0108. The first-order valence-corrected chi connectivity index (χ1v) is 10.1. The van der Waals surface area contributed by atoms with Crippen LogP contribution in [0, 0.1) is 19.8 Å². The highest BCUT2D eigenvalue weighted by Crippen LogP contribution is 2.37. The van der Waals surface area contributed by atoms with E-state index in [1.54, 1.807) is 19.9 Å². The molecule has 0 spiro atoms. The van der Waals surface area contributed by atoms with Crippen LogP contribution in [0.15, 0.2) is 45.4 Å². The number of hydrogen-bond acceptors (Lipinski definition) is 6. The van der Waals surface area contributed by atoms with Crippen molar-refractivity contribution in [1.82, 2.24) is 21.2 Å². The van der Waals surface area contributed by atoms with E-state index in [0.717, 1.165) is 31.2 Å². The van der Waals surface area contributed by atoms with Gasteiger partial charge >= 0.3 is 0 Å². The molecule has 1 atom stereocenters. The van der Waals surface area contributed by atoms with E-state index in [1.807, 2.05) is 30.3 Å². The van der Waals surface area contributed by atoms with Crippen LogP contribution in [-0.2, 0) is 4.79 Å². The normalized spacial score (nSPS) is 15.1. The lowest BCUT2D eigenvalue weighted by Gasteiger charge is -2.23. The van der Waals surface area contributed by atoms with Gasteiger partial charge in [-0.2, -0.15) is 0 Å². The van der Waals surface area contributed by atoms with Crippen molar-refractivity contribution >= 4 is 11.8 Å². The van der Waals surface area contributed by atoms with E-state index in [-0.39, 0.29) is 29.1 Å². The lowest BCUT2D eigenvalue weighted by atomic mass is 9.84. The third kappa shape index (κ3) is 3.98. The number of amides is 2. The van der Waals surface area contributed by atoms with Crippen LogP contribution in [0.1, 0.15) is 59.0 Å². The first-order valence-electron chi connectivity index (χ1n) is 10.1. The van der Waals surface area contributed by atoms with E-state index < -0.39 is 5.91 Å². The second-order valence-electron chi connectivity index (χ2n) is 7.67. The molecule has 2 heterocycles. The van der Waals surface area contributed by atoms with Gasteiger partial charge in [-0.25, -0.2) is 0 Å². The summed E-state index contributed by atoms with van der Waals surface area (Å²) in [6.07, 6.45) is 4.24. The minimum absolute atomic E-state index is 0.200. The Hall–Kier alpha value is -3.42. The molecule has 1 aromatic carbocycles. The van der Waals surface area contributed by atoms with Crippen molar-refractivity contribution in [3.05, 3.63) is 59.0 Å². The van der Waals surface area contributed by atoms with Crippen molar-refractivity contribution < 1.29 is 18.6 Å². The molecule has 2 aromatic heterocycles. The van der Waals surface area contributed by atoms with Crippen molar-refractivity contribution in [3.8, 4) is 11.5 Å². The SMILES string of the molecule is Cc1cc(-c2onc(C)c2C(=O)NNC(=O)C(c2ccccc2)C2CCCC2)no1. The van der Waals surface area contributed by atoms with Crippen LogP contribution >= 0.6 is 0 Å². The second-order valence-corrected chi connectivity index (χ2v) is 7.67. The van der Waals surface area contributed by atoms with Gasteiger partial charge in [0.15, 0.2) is 5.69 Å². The van der Waals surface area contributed by atoms with Crippen LogP contribution in [0.3, 0.4) is 0 Å². The highest BCUT2D eigenvalue weighted by atomic mass is 16.5. The Morgan fingerprint density at radius 3 is 2.43 bits per heavy atom. The molecule has 2 N–H and O–H groups in total. The molecule has 30 heavy (non-hydrogen) atoms. The Balaban J connectivity index is 1.50. The van der Waals surface area contributed by atoms with Crippen LogP contribution in [0.25, 0.3) is 11.5 Å². The van der Waals surface area contributed by atoms with Crippen molar-refractivity contribution in [2.45, 2.75) is 45.4 Å². The minimum atomic E-state index is -0.518. The highest BCUT2D eigenvalue weighted by Gasteiger charge is 2.32. The number of carbonyl (C=O) groups is 2. The molecule has 2 amide bonds. The summed E-state index contributed by atoms with van der Waals surface area (Å²) in [6, 6.07) is 11.3. The predicted octanol–water partition coefficient (Wildman–Crippen LogP) is 3.68. The average molecular weight is 408 g/mol. The molecule has 1 aliphatic carbocycles. The van der Waals surface area contributed by atoms with Gasteiger partial charge in [0.25, 0.3) is 5.91 Å². The first kappa shape index (κ1) is 19.9. The quantitative estimate of drug-likeness (QED) is 0.623. The molecule has 0 radical (unpaired) electrons. The van der Waals surface area contributed by atoms with Gasteiger partial charge in [0, 0.05) is 6.07 Å². The van der Waals surface area contributed by atoms with Gasteiger partial charge in [-0.15, -0.1) is 0 Å². The molecule has 156 valence electrons. The number of aromatic nitrogens is 2. The summed E-state index contributed by atoms with van der Waals surface area (Å²) in [5.41, 5.74) is 7.06. The monoisotopic (exact) mass is 408 g/mol. The Morgan fingerprint density at radius 2 is 1.77 bits per heavy atom. The molecule has 1 saturated carbocycles. The summed E-state index contributed by atoms with van der Waals surface area (Å²) in [7, 11) is 0. The molecule has 0 aliphatic heterocycles. The van der Waals surface area contributed by atoms with Gasteiger partial charge in [0.2, 0.25) is 11.7 Å². The molecule has 4 rings (SSSR count). The van der Waals surface area contributed by atoms with Crippen molar-refractivity contribution in [1.29, 1.82) is 0 Å². The third-order valence-electron chi connectivity index (χ3n) is 5.56. The van der Waals surface area contributed by atoms with Crippen molar-refractivity contribution in [2.24, 2.45) is 5.92 Å². The summed E-state index contributed by atoms with van der Waals surface area (Å²) in [5, 5.41) is 7.75. The summed E-state index contributed by atoms with van der Waals surface area (Å²) in [4.78, 5) is 25.9. The molecule has 0 bridgehead atoms. The third-order valence-corrected chi connectivity index (χ3v) is 5.56. The second kappa shape index (κ2) is 8.52. The lowest BCUT2D eigenvalue weighted by molar-refractivity contribution is -0.124. The Bertz CT molecular complexity index is 1030. The number of rotatable bonds is 5. The van der Waals surface area contributed by atoms with Gasteiger partial charge in [0.05, 0.1) is 11.6 Å². The van der Waals surface area contributed by atoms with Crippen LogP contribution in [0.4, 0.5) is 0 Å². The fraction of sp³-hybridized carbons (Fsp3) is 0.364. The van der Waals surface area contributed by atoms with Gasteiger partial charge in [-0.3, -0.25) is 20.4 Å². The molecule has 1 fully saturated rings. The fourth-order valence-electron chi connectivity index (χ4n) is 4.13. The Kier molecular flexibility index (Phi) is 5.65. The predicted molar refractivity (Wildman–Crippen MR) is 108 cm³/mol. The molecule has 8 heteroatoms. The number of benzene rings is 1. The van der Waals surface area contributed by atoms with Gasteiger partial charge < -0.3 is 9.05 Å². The van der Waals surface area contributed by atoms with Gasteiger partial charge in [-0.1, -0.05) is 53.5 Å². The van der Waals surface area contributed by atoms with Crippen LogP contribution in [0.5, 0.6) is 0 Å². The van der Waals surface area contributed by atoms with Crippen molar-refractivity contribution in [2.75, 3.05) is 0 Å². The van der Waals surface area contributed by atoms with E-state index in [4.69, 9.17) is 9.05 Å². The van der Waals surface area contributed by atoms with E-state index in [0.29, 0.717) is 17.1 Å². The van der Waals surface area contributed by atoms with E-state index in [2.05, 4.69) is 21.2 Å². The molecule has 8 nitrogen and oxygen atoms in total. The molecule has 0 saturated heterocycles. The smallest absolute Gasteiger partial charge is 0.275 e. The first-order chi connectivity index (χ1) is 14.5. The molecular formula is C22H24N4O4. The lowest BCUT2D eigenvalue weighted by Crippen LogP contribution is -2.45. The average Bonchev–Trinajstić information content (AvgIpc) is 3.49. The van der Waals surface area contributed by atoms with E-state index >= 15 is 0 Å². The number of aryl methyl sites for hydroxylation is 2. The summed E-state index contributed by atoms with van der Waals surface area (Å²) in [6.45, 7) is 3.40. The van der Waals surface area contributed by atoms with Crippen molar-refractivity contribution in [3.63, 3.8) is 0 Å². The zero-order valence-corrected chi connectivity index (χ0v) is 17.0. The summed E-state index contributed by atoms with van der Waals surface area (Å²) >= 11 is 0. The molecular weight excluding hydrogens is 384 g/mol. The van der Waals surface area contributed by atoms with Crippen LogP contribution in [0.2, 0.25) is 0 Å². The highest BCUT2D eigenvalue weighted by molar-refractivity contribution is 6.01. The topological polar surface area (TPSA) is 110 Å². The Labute approximate surface area is 174 Å². The molecule has 3 aromatic rings. The molecule has 1 unspecified atom stereocenters. The Morgan fingerprint density at radius 1 is 1.03 bits per heavy atom. The van der Waals surface area contributed by atoms with E-state index in [9.17, 15) is 9.59 Å². The van der Waals surface area contributed by atoms with Crippen LogP contribution < -0.4 is 10.9 Å². The maximum absolute atomic E-state index is 13.1. The maximum Gasteiger partial charge on any atom is 0.275 e. The van der Waals surface area contributed by atoms with E-state index in [1.165, 1.54) is 0 Å². The number of nitrogens with one attached hydrogen (secondary N) is 2.